The number of nitrogens with zero attached hydrogens (tertiary/aromatic N) is 3. The van der Waals surface area contributed by atoms with Crippen molar-refractivity contribution >= 4 is 11.6 Å². The highest BCUT2D eigenvalue weighted by molar-refractivity contribution is 5.81. The number of benzene rings is 2. The van der Waals surface area contributed by atoms with E-state index in [4.69, 9.17) is 4.42 Å². The fourth-order valence-electron chi connectivity index (χ4n) is 6.41. The average molecular weight is 646 g/mol. The number of hydrogen-bond acceptors (Lipinski definition) is 5. The molecule has 0 unspecified atom stereocenters. The minimum absolute atomic E-state index is 0.181. The van der Waals surface area contributed by atoms with E-state index in [9.17, 15) is 9.59 Å². The Bertz CT molecular complexity index is 1660. The zero-order chi connectivity index (χ0) is 33.4. The van der Waals surface area contributed by atoms with E-state index in [1.54, 1.807) is 0 Å². The molecule has 1 saturated heterocycles. The molecule has 0 spiro atoms. The lowest BCUT2D eigenvalue weighted by Gasteiger charge is -2.37. The second-order valence-electron chi connectivity index (χ2n) is 12.6. The minimum atomic E-state index is -0.558. The van der Waals surface area contributed by atoms with E-state index in [2.05, 4.69) is 120 Å². The van der Waals surface area contributed by atoms with Gasteiger partial charge in [-0.15, -0.1) is 0 Å². The van der Waals surface area contributed by atoms with Crippen LogP contribution in [0.5, 0.6) is 0 Å². The monoisotopic (exact) mass is 645 g/mol. The van der Waals surface area contributed by atoms with Crippen molar-refractivity contribution in [3.63, 3.8) is 0 Å². The largest absolute Gasteiger partial charge is 0.426 e. The molecule has 3 aromatic rings. The Morgan fingerprint density at radius 3 is 2.25 bits per heavy atom. The molecule has 1 aliphatic carbocycles. The molecule has 1 aromatic heterocycles. The molecule has 2 aliphatic rings. The first-order valence-electron chi connectivity index (χ1n) is 17.8. The SMILES string of the molecule is CC/C=C\C/C=C\C/C=C\CCC/C=C/CCC(=O)n1c2c(oc1=O)C(N1CCN(Cc3cccc(-c4ccccc4)c3)CC1)=CCC2. The maximum absolute atomic E-state index is 13.2. The highest BCUT2D eigenvalue weighted by Gasteiger charge is 2.30. The summed E-state index contributed by atoms with van der Waals surface area (Å²) in [5, 5.41) is 0. The molecule has 2 aromatic carbocycles. The normalized spacial score (nSPS) is 15.7. The van der Waals surface area contributed by atoms with E-state index in [-0.39, 0.29) is 5.91 Å². The molecular formula is C42H51N3O3. The van der Waals surface area contributed by atoms with Gasteiger partial charge in [-0.25, -0.2) is 9.36 Å². The number of carbonyl (C=O) groups excluding carboxylic acids is 1. The van der Waals surface area contributed by atoms with Crippen molar-refractivity contribution in [2.45, 2.75) is 77.7 Å². The van der Waals surface area contributed by atoms with E-state index in [1.165, 1.54) is 21.3 Å². The van der Waals surface area contributed by atoms with Crippen molar-refractivity contribution in [1.29, 1.82) is 0 Å². The van der Waals surface area contributed by atoms with Crippen molar-refractivity contribution in [3.05, 3.63) is 137 Å². The van der Waals surface area contributed by atoms with Gasteiger partial charge >= 0.3 is 5.76 Å². The summed E-state index contributed by atoms with van der Waals surface area (Å²) >= 11 is 0. The second kappa shape index (κ2) is 18.8. The third-order valence-corrected chi connectivity index (χ3v) is 8.97. The van der Waals surface area contributed by atoms with Crippen molar-refractivity contribution < 1.29 is 9.21 Å². The summed E-state index contributed by atoms with van der Waals surface area (Å²) in [6.07, 6.45) is 28.2. The van der Waals surface area contributed by atoms with Gasteiger partial charge in [0.1, 0.15) is 0 Å². The molecule has 0 atom stereocenters. The van der Waals surface area contributed by atoms with Crippen LogP contribution in [-0.2, 0) is 13.0 Å². The van der Waals surface area contributed by atoms with Gasteiger partial charge in [-0.3, -0.25) is 9.69 Å². The molecule has 0 N–H and O–H groups in total. The second-order valence-corrected chi connectivity index (χ2v) is 12.6. The van der Waals surface area contributed by atoms with Crippen LogP contribution in [0.1, 0.15) is 86.5 Å². The number of unbranched alkanes of at least 4 members (excludes halogenated alkanes) is 2. The minimum Gasteiger partial charge on any atom is -0.406 e. The quantitative estimate of drug-likeness (QED) is 0.115. The standard InChI is InChI=1S/C42H51N3O3/c1-2-3-4-5-6-7-8-9-10-11-12-13-14-15-19-28-40(46)45-39-27-21-26-38(41(39)48-42(45)47)44-31-29-43(30-32-44)34-35-22-20-25-37(33-35)36-23-17-16-18-24-36/h3-4,6-7,9-10,14-18,20,22-26,33H,2,5,8,11-13,19,21,27-32,34H2,1H3/b4-3-,7-6-,10-9-,15-14+. The van der Waals surface area contributed by atoms with E-state index in [1.807, 2.05) is 6.07 Å². The first-order chi connectivity index (χ1) is 23.6. The molecule has 6 nitrogen and oxygen atoms in total. The lowest BCUT2D eigenvalue weighted by atomic mass is 10.0. The topological polar surface area (TPSA) is 58.7 Å². The number of hydrogen-bond donors (Lipinski definition) is 0. The highest BCUT2D eigenvalue weighted by atomic mass is 16.4. The number of rotatable bonds is 16. The molecule has 252 valence electrons. The Hall–Kier alpha value is -4.42. The van der Waals surface area contributed by atoms with Gasteiger partial charge < -0.3 is 9.32 Å². The Morgan fingerprint density at radius 1 is 0.792 bits per heavy atom. The predicted octanol–water partition coefficient (Wildman–Crippen LogP) is 9.22. The van der Waals surface area contributed by atoms with Gasteiger partial charge in [0, 0.05) is 39.1 Å². The van der Waals surface area contributed by atoms with Crippen LogP contribution >= 0.6 is 0 Å². The van der Waals surface area contributed by atoms with Crippen LogP contribution in [0.4, 0.5) is 0 Å². The van der Waals surface area contributed by atoms with Gasteiger partial charge in [-0.1, -0.05) is 110 Å². The van der Waals surface area contributed by atoms with Gasteiger partial charge in [-0.2, -0.15) is 0 Å². The number of fused-ring (bicyclic) bond motifs is 1. The number of piperazine rings is 1. The fourth-order valence-corrected chi connectivity index (χ4v) is 6.41. The summed E-state index contributed by atoms with van der Waals surface area (Å²) in [6, 6.07) is 19.3. The van der Waals surface area contributed by atoms with Crippen LogP contribution in [0.25, 0.3) is 16.8 Å². The number of oxazole rings is 1. The Kier molecular flexibility index (Phi) is 13.7. The van der Waals surface area contributed by atoms with Crippen LogP contribution in [0.15, 0.2) is 118 Å². The summed E-state index contributed by atoms with van der Waals surface area (Å²) in [5.74, 6) is -0.159. The molecule has 0 amide bonds. The molecule has 2 heterocycles. The number of aromatic nitrogens is 1. The van der Waals surface area contributed by atoms with E-state index in [0.717, 1.165) is 89.1 Å². The Balaban J connectivity index is 1.05. The van der Waals surface area contributed by atoms with Crippen molar-refractivity contribution in [3.8, 4) is 11.1 Å². The summed E-state index contributed by atoms with van der Waals surface area (Å²) in [4.78, 5) is 30.9. The third-order valence-electron chi connectivity index (χ3n) is 8.97. The lowest BCUT2D eigenvalue weighted by molar-refractivity contribution is 0.0892. The van der Waals surface area contributed by atoms with Crippen molar-refractivity contribution in [2.75, 3.05) is 26.2 Å². The molecule has 0 bridgehead atoms. The van der Waals surface area contributed by atoms with Gasteiger partial charge in [0.15, 0.2) is 5.76 Å². The van der Waals surface area contributed by atoms with Gasteiger partial charge in [0.05, 0.1) is 11.4 Å². The number of allylic oxidation sites excluding steroid dienone is 9. The van der Waals surface area contributed by atoms with Gasteiger partial charge in [-0.05, 0) is 80.5 Å². The van der Waals surface area contributed by atoms with Crippen molar-refractivity contribution in [2.24, 2.45) is 0 Å². The van der Waals surface area contributed by atoms with Crippen molar-refractivity contribution in [1.82, 2.24) is 14.4 Å². The first kappa shape index (κ1) is 34.9. The van der Waals surface area contributed by atoms with E-state index < -0.39 is 5.76 Å². The molecule has 0 radical (unpaired) electrons. The van der Waals surface area contributed by atoms with Crippen LogP contribution < -0.4 is 5.76 Å². The van der Waals surface area contributed by atoms with Crippen LogP contribution in [0.3, 0.4) is 0 Å². The van der Waals surface area contributed by atoms with Crippen LogP contribution in [-0.4, -0.2) is 46.5 Å². The van der Waals surface area contributed by atoms with Gasteiger partial charge in [0.25, 0.3) is 0 Å². The smallest absolute Gasteiger partial charge is 0.406 e. The summed E-state index contributed by atoms with van der Waals surface area (Å²) in [6.45, 7) is 6.59. The predicted molar refractivity (Wildman–Crippen MR) is 198 cm³/mol. The van der Waals surface area contributed by atoms with Crippen LogP contribution in [0, 0.1) is 0 Å². The van der Waals surface area contributed by atoms with Gasteiger partial charge in [0.2, 0.25) is 5.91 Å². The molecule has 1 aliphatic heterocycles. The maximum Gasteiger partial charge on any atom is 0.426 e. The molecule has 5 rings (SSSR count). The summed E-state index contributed by atoms with van der Waals surface area (Å²) in [5.41, 5.74) is 5.47. The highest BCUT2D eigenvalue weighted by Crippen LogP contribution is 2.30. The summed E-state index contributed by atoms with van der Waals surface area (Å²) in [7, 11) is 0. The molecule has 48 heavy (non-hydrogen) atoms. The zero-order valence-corrected chi connectivity index (χ0v) is 28.6. The van der Waals surface area contributed by atoms with E-state index >= 15 is 0 Å². The molecule has 0 saturated carbocycles. The van der Waals surface area contributed by atoms with Crippen LogP contribution in [0.2, 0.25) is 0 Å². The lowest BCUT2D eigenvalue weighted by Crippen LogP contribution is -2.45. The Morgan fingerprint density at radius 2 is 1.48 bits per heavy atom. The number of carbonyl (C=O) groups is 1. The summed E-state index contributed by atoms with van der Waals surface area (Å²) < 4.78 is 7.06. The molecular weight excluding hydrogens is 594 g/mol. The molecule has 1 fully saturated rings. The maximum atomic E-state index is 13.2. The third kappa shape index (κ3) is 10.0. The Labute approximate surface area is 286 Å². The zero-order valence-electron chi connectivity index (χ0n) is 28.6. The molecule has 6 heteroatoms. The first-order valence-corrected chi connectivity index (χ1v) is 17.8. The van der Waals surface area contributed by atoms with E-state index in [0.29, 0.717) is 25.0 Å². The fraction of sp³-hybridized carbons (Fsp3) is 0.381. The average Bonchev–Trinajstić information content (AvgIpc) is 3.46.